The van der Waals surface area contributed by atoms with Gasteiger partial charge >= 0.3 is 6.18 Å². The summed E-state index contributed by atoms with van der Waals surface area (Å²) in [7, 11) is 0. The smallest absolute Gasteiger partial charge is 0.339 e. The minimum atomic E-state index is -4.57. The topological polar surface area (TPSA) is 22.2 Å². The predicted molar refractivity (Wildman–Crippen MR) is 86.9 cm³/mol. The maximum Gasteiger partial charge on any atom is 0.408 e. The number of nitrogens with zero attached hydrogens (tertiary/aromatic N) is 3. The Labute approximate surface area is 142 Å². The molecule has 23 heavy (non-hydrogen) atoms. The van der Waals surface area contributed by atoms with Gasteiger partial charge in [-0.2, -0.15) is 13.2 Å². The lowest BCUT2D eigenvalue weighted by molar-refractivity contribution is -0.135. The molecule has 3 aromatic rings. The first-order valence-corrected chi connectivity index (χ1v) is 8.16. The van der Waals surface area contributed by atoms with E-state index in [1.54, 1.807) is 17.6 Å². The van der Waals surface area contributed by atoms with Crippen molar-refractivity contribution in [1.82, 2.24) is 9.55 Å². The van der Waals surface area contributed by atoms with E-state index >= 15 is 0 Å². The highest BCUT2D eigenvalue weighted by Gasteiger charge is 2.36. The van der Waals surface area contributed by atoms with Gasteiger partial charge in [0, 0.05) is 22.0 Å². The second-order valence-corrected chi connectivity index (χ2v) is 7.10. The Balaban J connectivity index is 2.22. The first-order valence-electron chi connectivity index (χ1n) is 6.48. The summed E-state index contributed by atoms with van der Waals surface area (Å²) >= 11 is 4.70. The van der Waals surface area contributed by atoms with Crippen LogP contribution in [0.25, 0.3) is 15.7 Å². The molecule has 0 radical (unpaired) electrons. The largest absolute Gasteiger partial charge is 0.408 e. The van der Waals surface area contributed by atoms with E-state index in [2.05, 4.69) is 25.8 Å². The predicted octanol–water partition coefficient (Wildman–Crippen LogP) is 5.79. The van der Waals surface area contributed by atoms with E-state index in [1.807, 2.05) is 5.38 Å². The van der Waals surface area contributed by atoms with Crippen LogP contribution < -0.4 is 0 Å². The number of thiazole rings is 1. The fourth-order valence-electron chi connectivity index (χ4n) is 2.57. The molecule has 3 nitrogen and oxygen atoms in total. The molecule has 0 spiro atoms. The third-order valence-electron chi connectivity index (χ3n) is 3.52. The third kappa shape index (κ3) is 2.86. The van der Waals surface area contributed by atoms with E-state index in [-0.39, 0.29) is 11.1 Å². The molecule has 0 fully saturated rings. The van der Waals surface area contributed by atoms with E-state index in [1.165, 1.54) is 23.5 Å². The van der Waals surface area contributed by atoms with Gasteiger partial charge < -0.3 is 4.57 Å². The van der Waals surface area contributed by atoms with Crippen LogP contribution in [0.1, 0.15) is 17.0 Å². The number of fused-ring (bicyclic) bond motifs is 1. The number of alkyl halides is 3. The zero-order valence-electron chi connectivity index (χ0n) is 11.8. The molecule has 1 aromatic carbocycles. The van der Waals surface area contributed by atoms with E-state index in [4.69, 9.17) is 6.57 Å². The molecule has 118 valence electrons. The fourth-order valence-corrected chi connectivity index (χ4v) is 3.61. The van der Waals surface area contributed by atoms with E-state index in [0.717, 1.165) is 9.61 Å². The molecular formula is C15H9BrF3N3S. The lowest BCUT2D eigenvalue weighted by Gasteiger charge is -2.11. The van der Waals surface area contributed by atoms with Crippen LogP contribution in [0.3, 0.4) is 0 Å². The summed E-state index contributed by atoms with van der Waals surface area (Å²) in [5.41, 5.74) is 0.665. The van der Waals surface area contributed by atoms with Crippen molar-refractivity contribution in [1.29, 1.82) is 0 Å². The maximum atomic E-state index is 13.4. The minimum absolute atomic E-state index is 0.0535. The van der Waals surface area contributed by atoms with Crippen molar-refractivity contribution in [2.75, 3.05) is 0 Å². The van der Waals surface area contributed by atoms with E-state index in [9.17, 15) is 13.2 Å². The molecule has 0 unspecified atom stereocenters. The van der Waals surface area contributed by atoms with Crippen LogP contribution in [0.4, 0.5) is 18.9 Å². The minimum Gasteiger partial charge on any atom is -0.339 e. The second kappa shape index (κ2) is 5.65. The number of hydrogen-bond donors (Lipinski definition) is 0. The summed E-state index contributed by atoms with van der Waals surface area (Å²) in [6, 6.07) is 4.27. The SMILES string of the molecule is [C-]#[N+]c1ccc2c(cc(C)n2Cc2csc(Br)n2)c1C(F)(F)F. The standard InChI is InChI=1S/C15H9BrF3N3S/c1-8-5-10-12(22(8)6-9-7-23-14(16)21-9)4-3-11(20-2)13(10)15(17,18)19/h3-5,7H,6H2,1H3. The summed E-state index contributed by atoms with van der Waals surface area (Å²) in [4.78, 5) is 7.30. The number of aromatic nitrogens is 2. The third-order valence-corrected chi connectivity index (χ3v) is 4.93. The van der Waals surface area contributed by atoms with Gasteiger partial charge in [0.05, 0.1) is 24.4 Å². The second-order valence-electron chi connectivity index (χ2n) is 4.97. The van der Waals surface area contributed by atoms with Crippen molar-refractivity contribution >= 4 is 43.9 Å². The Morgan fingerprint density at radius 2 is 2.13 bits per heavy atom. The van der Waals surface area contributed by atoms with Gasteiger partial charge in [-0.1, -0.05) is 6.07 Å². The highest BCUT2D eigenvalue weighted by atomic mass is 79.9. The van der Waals surface area contributed by atoms with Crippen molar-refractivity contribution in [2.45, 2.75) is 19.6 Å². The molecule has 0 amide bonds. The molecule has 0 atom stereocenters. The van der Waals surface area contributed by atoms with Gasteiger partial charge in [-0.3, -0.25) is 0 Å². The summed E-state index contributed by atoms with van der Waals surface area (Å²) in [5, 5.41) is 1.91. The number of rotatable bonds is 2. The zero-order chi connectivity index (χ0) is 16.8. The van der Waals surface area contributed by atoms with Gasteiger partial charge in [-0.25, -0.2) is 9.83 Å². The highest BCUT2D eigenvalue weighted by Crippen LogP contribution is 2.42. The molecule has 2 heterocycles. The average Bonchev–Trinajstić information content (AvgIpc) is 3.01. The van der Waals surface area contributed by atoms with Crippen LogP contribution in [0, 0.1) is 13.5 Å². The van der Waals surface area contributed by atoms with Crippen molar-refractivity contribution in [3.05, 3.63) is 55.9 Å². The molecule has 8 heteroatoms. The first-order chi connectivity index (χ1) is 10.8. The first kappa shape index (κ1) is 16.0. The van der Waals surface area contributed by atoms with Crippen LogP contribution in [0.15, 0.2) is 27.5 Å². The molecule has 0 aliphatic carbocycles. The fraction of sp³-hybridized carbons (Fsp3) is 0.200. The van der Waals surface area contributed by atoms with Crippen molar-refractivity contribution in [2.24, 2.45) is 0 Å². The Morgan fingerprint density at radius 1 is 1.39 bits per heavy atom. The van der Waals surface area contributed by atoms with Gasteiger partial charge in [0.15, 0.2) is 9.60 Å². The average molecular weight is 400 g/mol. The van der Waals surface area contributed by atoms with Crippen molar-refractivity contribution in [3.63, 3.8) is 0 Å². The van der Waals surface area contributed by atoms with E-state index < -0.39 is 11.7 Å². The van der Waals surface area contributed by atoms with E-state index in [0.29, 0.717) is 17.8 Å². The Morgan fingerprint density at radius 3 is 2.70 bits per heavy atom. The van der Waals surface area contributed by atoms with Crippen molar-refractivity contribution < 1.29 is 13.2 Å². The molecule has 3 rings (SSSR count). The van der Waals surface area contributed by atoms with Gasteiger partial charge in [0.25, 0.3) is 0 Å². The Bertz CT molecular complexity index is 934. The molecule has 0 saturated carbocycles. The number of aryl methyl sites for hydroxylation is 1. The van der Waals surface area contributed by atoms with Gasteiger partial charge in [0.1, 0.15) is 0 Å². The van der Waals surface area contributed by atoms with Crippen LogP contribution in [-0.4, -0.2) is 9.55 Å². The molecule has 2 aromatic heterocycles. The molecule has 0 bridgehead atoms. The zero-order valence-corrected chi connectivity index (χ0v) is 14.2. The number of hydrogen-bond acceptors (Lipinski definition) is 2. The van der Waals surface area contributed by atoms with Crippen LogP contribution in [0.2, 0.25) is 0 Å². The summed E-state index contributed by atoms with van der Waals surface area (Å²) < 4.78 is 42.6. The monoisotopic (exact) mass is 399 g/mol. The lowest BCUT2D eigenvalue weighted by Crippen LogP contribution is -2.06. The molecule has 0 N–H and O–H groups in total. The molecule has 0 aliphatic rings. The van der Waals surface area contributed by atoms with Crippen molar-refractivity contribution in [3.8, 4) is 0 Å². The molecular weight excluding hydrogens is 391 g/mol. The summed E-state index contributed by atoms with van der Waals surface area (Å²) in [6.45, 7) is 9.12. The normalized spacial score (nSPS) is 11.8. The molecule has 0 aliphatic heterocycles. The highest BCUT2D eigenvalue weighted by molar-refractivity contribution is 9.11. The Kier molecular flexibility index (Phi) is 3.94. The van der Waals surface area contributed by atoms with Gasteiger partial charge in [-0.15, -0.1) is 11.3 Å². The van der Waals surface area contributed by atoms with Crippen LogP contribution in [0.5, 0.6) is 0 Å². The Hall–Kier alpha value is -1.85. The number of benzene rings is 1. The summed E-state index contributed by atoms with van der Waals surface area (Å²) in [5.74, 6) is 0. The quantitative estimate of drug-likeness (QED) is 0.500. The van der Waals surface area contributed by atoms with Crippen LogP contribution >= 0.6 is 27.3 Å². The van der Waals surface area contributed by atoms with Gasteiger partial charge in [0.2, 0.25) is 0 Å². The number of halogens is 4. The maximum absolute atomic E-state index is 13.4. The van der Waals surface area contributed by atoms with Crippen LogP contribution in [-0.2, 0) is 12.7 Å². The summed E-state index contributed by atoms with van der Waals surface area (Å²) in [6.07, 6.45) is -4.57. The van der Waals surface area contributed by atoms with Gasteiger partial charge in [-0.05, 0) is 35.0 Å². The molecule has 0 saturated heterocycles. The lowest BCUT2D eigenvalue weighted by atomic mass is 10.1.